The van der Waals surface area contributed by atoms with Crippen LogP contribution in [0.15, 0.2) is 54.1 Å². The summed E-state index contributed by atoms with van der Waals surface area (Å²) in [4.78, 5) is 37.5. The Hall–Kier alpha value is -1.68. The molecule has 10 heteroatoms. The van der Waals surface area contributed by atoms with Crippen molar-refractivity contribution in [2.24, 2.45) is 0 Å². The van der Waals surface area contributed by atoms with Crippen LogP contribution in [0.2, 0.25) is 5.02 Å². The molecule has 3 rings (SSSR count). The summed E-state index contributed by atoms with van der Waals surface area (Å²) in [6.45, 7) is -0.419. The first kappa shape index (κ1) is 20.1. The molecule has 0 saturated carbocycles. The van der Waals surface area contributed by atoms with Gasteiger partial charge in [0.25, 0.3) is 11.1 Å². The maximum Gasteiger partial charge on any atom is 0.325 e. The Labute approximate surface area is 176 Å². The second kappa shape index (κ2) is 8.55. The van der Waals surface area contributed by atoms with Crippen LogP contribution in [0.4, 0.5) is 4.79 Å². The average molecular weight is 489 g/mol. The van der Waals surface area contributed by atoms with E-state index in [4.69, 9.17) is 16.0 Å². The molecule has 0 N–H and O–H groups in total. The lowest BCUT2D eigenvalue weighted by Crippen LogP contribution is -2.34. The fourth-order valence-corrected chi connectivity index (χ4v) is 4.35. The van der Waals surface area contributed by atoms with Crippen LogP contribution in [0.5, 0.6) is 0 Å². The fourth-order valence-electron chi connectivity index (χ4n) is 2.08. The van der Waals surface area contributed by atoms with E-state index in [0.29, 0.717) is 20.3 Å². The van der Waals surface area contributed by atoms with Crippen LogP contribution in [-0.2, 0) is 14.3 Å². The van der Waals surface area contributed by atoms with Crippen LogP contribution in [0, 0.1) is 0 Å². The van der Waals surface area contributed by atoms with Gasteiger partial charge < -0.3 is 9.15 Å². The zero-order valence-electron chi connectivity index (χ0n) is 13.7. The van der Waals surface area contributed by atoms with Crippen LogP contribution in [0.25, 0.3) is 6.08 Å². The topological polar surface area (TPSA) is 76.8 Å². The van der Waals surface area contributed by atoms with Gasteiger partial charge >= 0.3 is 5.97 Å². The summed E-state index contributed by atoms with van der Waals surface area (Å²) in [5, 5.41) is 0.705. The highest BCUT2D eigenvalue weighted by atomic mass is 79.9. The average Bonchev–Trinajstić information content (AvgIpc) is 3.11. The summed E-state index contributed by atoms with van der Waals surface area (Å²) >= 11 is 11.4. The van der Waals surface area contributed by atoms with E-state index in [2.05, 4.69) is 20.7 Å². The van der Waals surface area contributed by atoms with E-state index in [1.165, 1.54) is 24.9 Å². The maximum absolute atomic E-state index is 12.3. The Morgan fingerprint density at radius 2 is 2.07 bits per heavy atom. The molecule has 0 atom stereocenters. The first-order chi connectivity index (χ1) is 12.9. The van der Waals surface area contributed by atoms with Gasteiger partial charge in [0.05, 0.1) is 16.5 Å². The zero-order valence-corrected chi connectivity index (χ0v) is 17.7. The molecule has 0 aliphatic carbocycles. The quantitative estimate of drug-likeness (QED) is 0.430. The SMILES string of the molecule is COC(=O)CN1C(=O)S/C(=C\c2cc(Br)c(Sc3ccc(Cl)cc3)o2)C1=O. The number of nitrogens with zero attached hydrogens (tertiary/aromatic N) is 1. The molecule has 1 saturated heterocycles. The van der Waals surface area contributed by atoms with Gasteiger partial charge in [0.1, 0.15) is 12.3 Å². The summed E-state index contributed by atoms with van der Waals surface area (Å²) in [7, 11) is 1.19. The van der Waals surface area contributed by atoms with Crippen LogP contribution in [0.1, 0.15) is 5.76 Å². The van der Waals surface area contributed by atoms with Crippen LogP contribution in [-0.4, -0.2) is 35.7 Å². The molecule has 0 radical (unpaired) electrons. The number of carbonyl (C=O) groups excluding carboxylic acids is 3. The molecule has 2 heterocycles. The molecule has 1 aromatic heterocycles. The van der Waals surface area contributed by atoms with E-state index in [-0.39, 0.29) is 4.91 Å². The third kappa shape index (κ3) is 4.78. The third-order valence-corrected chi connectivity index (χ3v) is 6.37. The monoisotopic (exact) mass is 487 g/mol. The van der Waals surface area contributed by atoms with E-state index in [1.54, 1.807) is 18.2 Å². The van der Waals surface area contributed by atoms with E-state index in [1.807, 2.05) is 12.1 Å². The van der Waals surface area contributed by atoms with E-state index in [0.717, 1.165) is 21.6 Å². The molecule has 2 amide bonds. The molecule has 2 aromatic rings. The van der Waals surface area contributed by atoms with Crippen molar-refractivity contribution in [2.75, 3.05) is 13.7 Å². The standard InChI is InChI=1S/C17H11BrClNO5S2/c1-24-14(21)8-20-15(22)13(27-17(20)23)7-10-6-12(18)16(25-10)26-11-4-2-9(19)3-5-11/h2-7H,8H2,1H3/b13-7-. The molecule has 1 aliphatic heterocycles. The Morgan fingerprint density at radius 1 is 1.37 bits per heavy atom. The van der Waals surface area contributed by atoms with Gasteiger partial charge in [0, 0.05) is 16.0 Å². The van der Waals surface area contributed by atoms with Crippen molar-refractivity contribution in [3.8, 4) is 0 Å². The molecule has 1 aliphatic rings. The highest BCUT2D eigenvalue weighted by molar-refractivity contribution is 9.10. The summed E-state index contributed by atoms with van der Waals surface area (Å²) in [6, 6.07) is 8.98. The minimum Gasteiger partial charge on any atom is -0.468 e. The Morgan fingerprint density at radius 3 is 2.74 bits per heavy atom. The summed E-state index contributed by atoms with van der Waals surface area (Å²) < 4.78 is 11.0. The molecule has 0 spiro atoms. The minimum atomic E-state index is -0.666. The van der Waals surface area contributed by atoms with Crippen molar-refractivity contribution in [3.63, 3.8) is 0 Å². The number of thioether (sulfide) groups is 1. The minimum absolute atomic E-state index is 0.174. The van der Waals surface area contributed by atoms with Crippen molar-refractivity contribution in [1.82, 2.24) is 4.90 Å². The second-order valence-electron chi connectivity index (χ2n) is 5.18. The molecular weight excluding hydrogens is 478 g/mol. The van der Waals surface area contributed by atoms with E-state index < -0.39 is 23.7 Å². The molecular formula is C17H11BrClNO5S2. The molecule has 27 heavy (non-hydrogen) atoms. The fraction of sp³-hybridized carbons (Fsp3) is 0.118. The number of hydrogen-bond donors (Lipinski definition) is 0. The van der Waals surface area contributed by atoms with E-state index >= 15 is 0 Å². The normalized spacial score (nSPS) is 15.7. The lowest BCUT2D eigenvalue weighted by Gasteiger charge is -2.09. The number of methoxy groups -OCH3 is 1. The molecule has 1 aromatic carbocycles. The van der Waals surface area contributed by atoms with Crippen LogP contribution < -0.4 is 0 Å². The second-order valence-corrected chi connectivity index (χ2v) is 8.51. The summed E-state index contributed by atoms with van der Waals surface area (Å²) in [6.07, 6.45) is 1.47. The predicted molar refractivity (Wildman–Crippen MR) is 107 cm³/mol. The molecule has 0 unspecified atom stereocenters. The van der Waals surface area contributed by atoms with Gasteiger partial charge in [-0.25, -0.2) is 0 Å². The molecule has 0 bridgehead atoms. The highest BCUT2D eigenvalue weighted by Crippen LogP contribution is 2.38. The smallest absolute Gasteiger partial charge is 0.325 e. The number of rotatable bonds is 5. The number of halogens is 2. The van der Waals surface area contributed by atoms with Gasteiger partial charge in [-0.3, -0.25) is 19.3 Å². The van der Waals surface area contributed by atoms with Gasteiger partial charge in [-0.15, -0.1) is 0 Å². The number of imide groups is 1. The number of carbonyl (C=O) groups is 3. The number of hydrogen-bond acceptors (Lipinski definition) is 7. The first-order valence-corrected chi connectivity index (χ1v) is 10.2. The van der Waals surface area contributed by atoms with Crippen molar-refractivity contribution < 1.29 is 23.5 Å². The number of furan rings is 1. The van der Waals surface area contributed by atoms with Crippen molar-refractivity contribution >= 4 is 74.2 Å². The lowest BCUT2D eigenvalue weighted by atomic mass is 10.3. The number of amides is 2. The maximum atomic E-state index is 12.3. The number of esters is 1. The Kier molecular flexibility index (Phi) is 6.36. The summed E-state index contributed by atoms with van der Waals surface area (Å²) in [5.74, 6) is -0.822. The zero-order chi connectivity index (χ0) is 19.6. The van der Waals surface area contributed by atoms with Crippen LogP contribution >= 0.6 is 51.1 Å². The largest absolute Gasteiger partial charge is 0.468 e. The molecule has 6 nitrogen and oxygen atoms in total. The van der Waals surface area contributed by atoms with Gasteiger partial charge in [-0.05, 0) is 58.0 Å². The van der Waals surface area contributed by atoms with E-state index in [9.17, 15) is 14.4 Å². The van der Waals surface area contributed by atoms with Gasteiger partial charge in [-0.1, -0.05) is 23.4 Å². The van der Waals surface area contributed by atoms with Crippen molar-refractivity contribution in [2.45, 2.75) is 9.99 Å². The van der Waals surface area contributed by atoms with Crippen molar-refractivity contribution in [1.29, 1.82) is 0 Å². The van der Waals surface area contributed by atoms with Crippen molar-refractivity contribution in [3.05, 3.63) is 50.5 Å². The Balaban J connectivity index is 1.77. The third-order valence-electron chi connectivity index (χ3n) is 3.36. The number of ether oxygens (including phenoxy) is 1. The van der Waals surface area contributed by atoms with Gasteiger partial charge in [0.15, 0.2) is 5.09 Å². The van der Waals surface area contributed by atoms with Gasteiger partial charge in [-0.2, -0.15) is 0 Å². The molecule has 140 valence electrons. The van der Waals surface area contributed by atoms with Crippen LogP contribution in [0.3, 0.4) is 0 Å². The molecule has 1 fully saturated rings. The summed E-state index contributed by atoms with van der Waals surface area (Å²) in [5.41, 5.74) is 0. The Bertz CT molecular complexity index is 941. The first-order valence-electron chi connectivity index (χ1n) is 7.42. The lowest BCUT2D eigenvalue weighted by molar-refractivity contribution is -0.143. The highest BCUT2D eigenvalue weighted by Gasteiger charge is 2.36. The van der Waals surface area contributed by atoms with Gasteiger partial charge in [0.2, 0.25) is 0 Å². The number of benzene rings is 1. The predicted octanol–water partition coefficient (Wildman–Crippen LogP) is 5.06.